The van der Waals surface area contributed by atoms with Gasteiger partial charge in [-0.2, -0.15) is 0 Å². The third-order valence-corrected chi connectivity index (χ3v) is 6.33. The monoisotopic (exact) mass is 304 g/mol. The summed E-state index contributed by atoms with van der Waals surface area (Å²) in [5.74, 6) is 1.74. The topological polar surface area (TPSA) is 32.3 Å². The number of hydrogen-bond donors (Lipinski definition) is 1. The van der Waals surface area contributed by atoms with Crippen molar-refractivity contribution < 1.29 is 4.79 Å². The maximum Gasteiger partial charge on any atom is 0.240 e. The standard InChI is InChI=1S/C17H24N2OS/c1-11-4-7-18-14(10-11)17(20)19-8-5-15-13(6-9-21-15)16(19)12-2-3-12/h6,9,11-12,14,16,18H,2-5,7-8,10H2,1H3. The Labute approximate surface area is 130 Å². The van der Waals surface area contributed by atoms with Crippen molar-refractivity contribution in [2.45, 2.75) is 51.1 Å². The molecule has 21 heavy (non-hydrogen) atoms. The molecule has 2 aliphatic heterocycles. The molecule has 3 atom stereocenters. The zero-order valence-electron chi connectivity index (χ0n) is 12.7. The number of piperidine rings is 1. The predicted molar refractivity (Wildman–Crippen MR) is 85.4 cm³/mol. The summed E-state index contributed by atoms with van der Waals surface area (Å²) >= 11 is 1.87. The van der Waals surface area contributed by atoms with Crippen molar-refractivity contribution >= 4 is 17.2 Å². The molecule has 1 aromatic rings. The summed E-state index contributed by atoms with van der Waals surface area (Å²) in [5, 5.41) is 5.66. The first kappa shape index (κ1) is 13.8. The van der Waals surface area contributed by atoms with Gasteiger partial charge in [0.15, 0.2) is 0 Å². The first-order valence-corrected chi connectivity index (χ1v) is 9.22. The van der Waals surface area contributed by atoms with Crippen LogP contribution in [0.2, 0.25) is 0 Å². The van der Waals surface area contributed by atoms with E-state index in [4.69, 9.17) is 0 Å². The second kappa shape index (κ2) is 5.40. The van der Waals surface area contributed by atoms with Crippen LogP contribution < -0.4 is 5.32 Å². The number of rotatable bonds is 2. The van der Waals surface area contributed by atoms with Crippen LogP contribution in [0.4, 0.5) is 0 Å². The van der Waals surface area contributed by atoms with Gasteiger partial charge in [0.2, 0.25) is 5.91 Å². The molecule has 1 aromatic heterocycles. The van der Waals surface area contributed by atoms with Gasteiger partial charge in [-0.25, -0.2) is 0 Å². The lowest BCUT2D eigenvalue weighted by atomic mass is 9.91. The van der Waals surface area contributed by atoms with Crippen LogP contribution in [-0.2, 0) is 11.2 Å². The average molecular weight is 304 g/mol. The molecule has 4 rings (SSSR count). The van der Waals surface area contributed by atoms with Crippen molar-refractivity contribution in [3.8, 4) is 0 Å². The van der Waals surface area contributed by atoms with Crippen molar-refractivity contribution in [2.24, 2.45) is 11.8 Å². The Balaban J connectivity index is 1.57. The molecule has 0 bridgehead atoms. The Morgan fingerprint density at radius 1 is 1.38 bits per heavy atom. The van der Waals surface area contributed by atoms with Crippen molar-refractivity contribution in [3.63, 3.8) is 0 Å². The minimum atomic E-state index is 0.0511. The normalized spacial score (nSPS) is 32.8. The lowest BCUT2D eigenvalue weighted by Crippen LogP contribution is -2.52. The number of hydrogen-bond acceptors (Lipinski definition) is 3. The average Bonchev–Trinajstić information content (AvgIpc) is 3.22. The van der Waals surface area contributed by atoms with Crippen LogP contribution in [0.5, 0.6) is 0 Å². The molecular weight excluding hydrogens is 280 g/mol. The molecule has 3 unspecified atom stereocenters. The van der Waals surface area contributed by atoms with Gasteiger partial charge in [0.05, 0.1) is 12.1 Å². The Bertz CT molecular complexity index is 537. The largest absolute Gasteiger partial charge is 0.334 e. The molecule has 114 valence electrons. The maximum absolute atomic E-state index is 13.0. The van der Waals surface area contributed by atoms with E-state index in [0.717, 1.165) is 25.9 Å². The van der Waals surface area contributed by atoms with Crippen molar-refractivity contribution in [1.29, 1.82) is 0 Å². The first-order chi connectivity index (χ1) is 10.2. The summed E-state index contributed by atoms with van der Waals surface area (Å²) in [7, 11) is 0. The number of fused-ring (bicyclic) bond motifs is 1. The molecule has 1 saturated carbocycles. The molecular formula is C17H24N2OS. The highest BCUT2D eigenvalue weighted by Crippen LogP contribution is 2.48. The molecule has 0 radical (unpaired) electrons. The van der Waals surface area contributed by atoms with Gasteiger partial charge in [-0.3, -0.25) is 4.79 Å². The summed E-state index contributed by atoms with van der Waals surface area (Å²) in [4.78, 5) is 16.8. The minimum Gasteiger partial charge on any atom is -0.334 e. The highest BCUT2D eigenvalue weighted by Gasteiger charge is 2.43. The van der Waals surface area contributed by atoms with E-state index in [1.54, 1.807) is 0 Å². The van der Waals surface area contributed by atoms with E-state index in [2.05, 4.69) is 28.6 Å². The molecule has 1 saturated heterocycles. The number of nitrogens with zero attached hydrogens (tertiary/aromatic N) is 1. The van der Waals surface area contributed by atoms with Gasteiger partial charge in [0.25, 0.3) is 0 Å². The van der Waals surface area contributed by atoms with Crippen LogP contribution in [0.25, 0.3) is 0 Å². The summed E-state index contributed by atoms with van der Waals surface area (Å²) in [6, 6.07) is 2.68. The van der Waals surface area contributed by atoms with Gasteiger partial charge in [-0.1, -0.05) is 6.92 Å². The zero-order valence-corrected chi connectivity index (χ0v) is 13.5. The Morgan fingerprint density at radius 3 is 3.00 bits per heavy atom. The van der Waals surface area contributed by atoms with Crippen LogP contribution in [-0.4, -0.2) is 29.9 Å². The third-order valence-electron chi connectivity index (χ3n) is 5.33. The van der Waals surface area contributed by atoms with E-state index in [9.17, 15) is 4.79 Å². The number of amides is 1. The highest BCUT2D eigenvalue weighted by atomic mass is 32.1. The Hall–Kier alpha value is -0.870. The fourth-order valence-electron chi connectivity index (χ4n) is 4.01. The van der Waals surface area contributed by atoms with Gasteiger partial charge in [-0.05, 0) is 67.5 Å². The summed E-state index contributed by atoms with van der Waals surface area (Å²) in [5.41, 5.74) is 1.45. The molecule has 4 heteroatoms. The van der Waals surface area contributed by atoms with Gasteiger partial charge in [0.1, 0.15) is 0 Å². The molecule has 1 N–H and O–H groups in total. The molecule has 3 heterocycles. The second-order valence-electron chi connectivity index (χ2n) is 7.00. The lowest BCUT2D eigenvalue weighted by Gasteiger charge is -2.40. The lowest BCUT2D eigenvalue weighted by molar-refractivity contribution is -0.138. The fraction of sp³-hybridized carbons (Fsp3) is 0.706. The Kier molecular flexibility index (Phi) is 3.54. The van der Waals surface area contributed by atoms with E-state index >= 15 is 0 Å². The van der Waals surface area contributed by atoms with E-state index in [1.165, 1.54) is 29.7 Å². The van der Waals surface area contributed by atoms with Crippen LogP contribution >= 0.6 is 11.3 Å². The van der Waals surface area contributed by atoms with Gasteiger partial charge >= 0.3 is 0 Å². The van der Waals surface area contributed by atoms with Gasteiger partial charge in [-0.15, -0.1) is 11.3 Å². The van der Waals surface area contributed by atoms with Crippen molar-refractivity contribution in [1.82, 2.24) is 10.2 Å². The number of nitrogens with one attached hydrogen (secondary N) is 1. The smallest absolute Gasteiger partial charge is 0.240 e. The molecule has 0 spiro atoms. The van der Waals surface area contributed by atoms with E-state index < -0.39 is 0 Å². The summed E-state index contributed by atoms with van der Waals surface area (Å²) < 4.78 is 0. The number of carbonyl (C=O) groups is 1. The molecule has 3 aliphatic rings. The molecule has 0 aromatic carbocycles. The van der Waals surface area contributed by atoms with Crippen LogP contribution in [0.1, 0.15) is 49.1 Å². The van der Waals surface area contributed by atoms with Gasteiger partial charge in [0, 0.05) is 11.4 Å². The second-order valence-corrected chi connectivity index (χ2v) is 8.00. The van der Waals surface area contributed by atoms with Crippen molar-refractivity contribution in [2.75, 3.05) is 13.1 Å². The van der Waals surface area contributed by atoms with Crippen LogP contribution in [0, 0.1) is 11.8 Å². The van der Waals surface area contributed by atoms with Crippen molar-refractivity contribution in [3.05, 3.63) is 21.9 Å². The first-order valence-electron chi connectivity index (χ1n) is 8.34. The molecule has 3 nitrogen and oxygen atoms in total. The van der Waals surface area contributed by atoms with Gasteiger partial charge < -0.3 is 10.2 Å². The zero-order chi connectivity index (χ0) is 14.4. The van der Waals surface area contributed by atoms with Crippen LogP contribution in [0.15, 0.2) is 11.4 Å². The molecule has 1 aliphatic carbocycles. The van der Waals surface area contributed by atoms with E-state index in [1.807, 2.05) is 11.3 Å². The third kappa shape index (κ3) is 2.53. The SMILES string of the molecule is CC1CCNC(C(=O)N2CCc3sccc3C2C2CC2)C1. The Morgan fingerprint density at radius 2 is 2.24 bits per heavy atom. The molecule has 1 amide bonds. The molecule has 2 fully saturated rings. The van der Waals surface area contributed by atoms with E-state index in [0.29, 0.717) is 23.8 Å². The quantitative estimate of drug-likeness (QED) is 0.911. The number of carbonyl (C=O) groups excluding carboxylic acids is 1. The predicted octanol–water partition coefficient (Wildman–Crippen LogP) is 2.97. The highest BCUT2D eigenvalue weighted by molar-refractivity contribution is 7.10. The minimum absolute atomic E-state index is 0.0511. The fourth-order valence-corrected chi connectivity index (χ4v) is 4.92. The number of thiophene rings is 1. The van der Waals surface area contributed by atoms with Crippen LogP contribution in [0.3, 0.4) is 0 Å². The maximum atomic E-state index is 13.0. The summed E-state index contributed by atoms with van der Waals surface area (Å²) in [6.45, 7) is 4.18. The summed E-state index contributed by atoms with van der Waals surface area (Å²) in [6.07, 6.45) is 5.83. The van der Waals surface area contributed by atoms with E-state index in [-0.39, 0.29) is 6.04 Å².